The quantitative estimate of drug-likeness (QED) is 0.532. The van der Waals surface area contributed by atoms with Gasteiger partial charge >= 0.3 is 5.97 Å². The SMILES string of the molecule is O=C(CSCc1ccc(Cl)c(Cl)c1)OCN1C(=O)c2ccccc2C1=O. The molecule has 2 aromatic rings. The van der Waals surface area contributed by atoms with Crippen molar-refractivity contribution in [2.45, 2.75) is 5.75 Å². The number of halogens is 2. The van der Waals surface area contributed by atoms with Gasteiger partial charge in [-0.05, 0) is 29.8 Å². The zero-order valence-electron chi connectivity index (χ0n) is 13.4. The Morgan fingerprint density at radius 2 is 1.65 bits per heavy atom. The highest BCUT2D eigenvalue weighted by Crippen LogP contribution is 2.25. The monoisotopic (exact) mass is 409 g/mol. The highest BCUT2D eigenvalue weighted by molar-refractivity contribution is 7.99. The van der Waals surface area contributed by atoms with Crippen molar-refractivity contribution in [3.63, 3.8) is 0 Å². The van der Waals surface area contributed by atoms with Crippen LogP contribution in [0.1, 0.15) is 26.3 Å². The van der Waals surface area contributed by atoms with Crippen molar-refractivity contribution in [2.75, 3.05) is 12.5 Å². The van der Waals surface area contributed by atoms with Crippen molar-refractivity contribution in [3.05, 3.63) is 69.2 Å². The van der Waals surface area contributed by atoms with Crippen molar-refractivity contribution >= 4 is 52.7 Å². The van der Waals surface area contributed by atoms with Gasteiger partial charge in [0.2, 0.25) is 0 Å². The maximum absolute atomic E-state index is 12.2. The predicted octanol–water partition coefficient (Wildman–Crippen LogP) is 4.02. The van der Waals surface area contributed by atoms with Gasteiger partial charge in [0, 0.05) is 5.75 Å². The van der Waals surface area contributed by atoms with Crippen LogP contribution in [0, 0.1) is 0 Å². The van der Waals surface area contributed by atoms with E-state index in [9.17, 15) is 14.4 Å². The van der Waals surface area contributed by atoms with Gasteiger partial charge in [-0.15, -0.1) is 11.8 Å². The van der Waals surface area contributed by atoms with Gasteiger partial charge in [0.25, 0.3) is 11.8 Å². The Morgan fingerprint density at radius 3 is 2.27 bits per heavy atom. The van der Waals surface area contributed by atoms with Crippen molar-refractivity contribution in [2.24, 2.45) is 0 Å². The minimum atomic E-state index is -0.508. The number of esters is 1. The topological polar surface area (TPSA) is 63.7 Å². The first-order valence-corrected chi connectivity index (χ1v) is 9.51. The molecule has 0 bridgehead atoms. The van der Waals surface area contributed by atoms with Crippen LogP contribution in [-0.2, 0) is 15.3 Å². The first kappa shape index (κ1) is 18.8. The van der Waals surface area contributed by atoms with Gasteiger partial charge in [-0.25, -0.2) is 4.90 Å². The Morgan fingerprint density at radius 1 is 1.00 bits per heavy atom. The number of hydrogen-bond donors (Lipinski definition) is 0. The Balaban J connectivity index is 1.47. The molecule has 0 N–H and O–H groups in total. The Labute approximate surface area is 164 Å². The minimum Gasteiger partial charge on any atom is -0.443 e. The van der Waals surface area contributed by atoms with E-state index in [0.717, 1.165) is 10.5 Å². The number of carbonyl (C=O) groups is 3. The number of ether oxygens (including phenoxy) is 1. The van der Waals surface area contributed by atoms with Gasteiger partial charge in [-0.1, -0.05) is 41.4 Å². The molecule has 26 heavy (non-hydrogen) atoms. The number of hydrogen-bond acceptors (Lipinski definition) is 5. The molecular weight excluding hydrogens is 397 g/mol. The fourth-order valence-corrected chi connectivity index (χ4v) is 3.50. The summed E-state index contributed by atoms with van der Waals surface area (Å²) in [6.07, 6.45) is 0. The molecule has 0 aliphatic carbocycles. The summed E-state index contributed by atoms with van der Waals surface area (Å²) in [4.78, 5) is 37.1. The van der Waals surface area contributed by atoms with Crippen molar-refractivity contribution in [1.82, 2.24) is 4.90 Å². The summed E-state index contributed by atoms with van der Waals surface area (Å²) >= 11 is 13.1. The second-order valence-electron chi connectivity index (χ2n) is 5.47. The summed E-state index contributed by atoms with van der Waals surface area (Å²) < 4.78 is 5.06. The molecule has 1 aliphatic heterocycles. The van der Waals surface area contributed by atoms with E-state index in [0.29, 0.717) is 26.9 Å². The fraction of sp³-hybridized carbons (Fsp3) is 0.167. The fourth-order valence-electron chi connectivity index (χ4n) is 2.42. The summed E-state index contributed by atoms with van der Waals surface area (Å²) in [6.45, 7) is -0.390. The smallest absolute Gasteiger partial charge is 0.317 e. The lowest BCUT2D eigenvalue weighted by atomic mass is 10.1. The Hall–Kier alpha value is -2.02. The van der Waals surface area contributed by atoms with Crippen molar-refractivity contribution in [3.8, 4) is 0 Å². The summed E-state index contributed by atoms with van der Waals surface area (Å²) in [6, 6.07) is 11.8. The first-order valence-electron chi connectivity index (χ1n) is 7.60. The maximum Gasteiger partial charge on any atom is 0.317 e. The maximum atomic E-state index is 12.2. The van der Waals surface area contributed by atoms with Gasteiger partial charge in [-0.3, -0.25) is 14.4 Å². The molecule has 2 amide bonds. The summed E-state index contributed by atoms with van der Waals surface area (Å²) in [5.41, 5.74) is 1.57. The molecule has 0 radical (unpaired) electrons. The lowest BCUT2D eigenvalue weighted by Crippen LogP contribution is -2.33. The standard InChI is InChI=1S/C18H13Cl2NO4S/c19-14-6-5-11(7-15(14)20)8-26-9-16(22)25-10-21-17(23)12-3-1-2-4-13(12)18(21)24/h1-7H,8-10H2. The van der Waals surface area contributed by atoms with E-state index in [4.69, 9.17) is 27.9 Å². The Kier molecular flexibility index (Phi) is 5.86. The summed E-state index contributed by atoms with van der Waals surface area (Å²) in [7, 11) is 0. The predicted molar refractivity (Wildman–Crippen MR) is 101 cm³/mol. The normalized spacial score (nSPS) is 13.1. The van der Waals surface area contributed by atoms with Crippen LogP contribution in [0.4, 0.5) is 0 Å². The zero-order valence-corrected chi connectivity index (χ0v) is 15.7. The van der Waals surface area contributed by atoms with Crippen LogP contribution in [0.3, 0.4) is 0 Å². The van der Waals surface area contributed by atoms with Crippen LogP contribution in [0.2, 0.25) is 10.0 Å². The van der Waals surface area contributed by atoms with E-state index in [1.165, 1.54) is 11.8 Å². The third-order valence-corrected chi connectivity index (χ3v) is 5.42. The molecule has 0 saturated heterocycles. The first-order chi connectivity index (χ1) is 12.5. The van der Waals surface area contributed by atoms with Crippen molar-refractivity contribution in [1.29, 1.82) is 0 Å². The van der Waals surface area contributed by atoms with Gasteiger partial charge < -0.3 is 4.74 Å². The molecule has 3 rings (SSSR count). The van der Waals surface area contributed by atoms with Crippen LogP contribution in [0.15, 0.2) is 42.5 Å². The number of benzene rings is 2. The minimum absolute atomic E-state index is 0.0867. The lowest BCUT2D eigenvalue weighted by molar-refractivity contribution is -0.142. The molecule has 134 valence electrons. The average molecular weight is 410 g/mol. The molecular formula is C18H13Cl2NO4S. The zero-order chi connectivity index (χ0) is 18.7. The second kappa shape index (κ2) is 8.12. The summed E-state index contributed by atoms with van der Waals surface area (Å²) in [5, 5.41) is 0.929. The molecule has 0 spiro atoms. The number of nitrogens with zero attached hydrogens (tertiary/aromatic N) is 1. The molecule has 0 atom stereocenters. The van der Waals surface area contributed by atoms with Crippen LogP contribution >= 0.6 is 35.0 Å². The van der Waals surface area contributed by atoms with Crippen molar-refractivity contribution < 1.29 is 19.1 Å². The molecule has 0 saturated carbocycles. The number of thioether (sulfide) groups is 1. The van der Waals surface area contributed by atoms with E-state index >= 15 is 0 Å². The van der Waals surface area contributed by atoms with Crippen LogP contribution in [0.5, 0.6) is 0 Å². The van der Waals surface area contributed by atoms with E-state index in [1.54, 1.807) is 36.4 Å². The van der Waals surface area contributed by atoms with E-state index in [-0.39, 0.29) is 5.75 Å². The molecule has 1 heterocycles. The Bertz CT molecular complexity index is 852. The molecule has 0 fully saturated rings. The third kappa shape index (κ3) is 4.03. The second-order valence-corrected chi connectivity index (χ2v) is 7.27. The van der Waals surface area contributed by atoms with Crippen LogP contribution < -0.4 is 0 Å². The van der Waals surface area contributed by atoms with Gasteiger partial charge in [0.05, 0.1) is 26.9 Å². The molecule has 1 aliphatic rings. The number of rotatable bonds is 6. The van der Waals surface area contributed by atoms with Crippen LogP contribution in [-0.4, -0.2) is 35.2 Å². The van der Waals surface area contributed by atoms with E-state index in [1.807, 2.05) is 6.07 Å². The van der Waals surface area contributed by atoms with E-state index < -0.39 is 24.5 Å². The van der Waals surface area contributed by atoms with Gasteiger partial charge in [0.15, 0.2) is 6.73 Å². The molecule has 2 aromatic carbocycles. The molecule has 0 unspecified atom stereocenters. The van der Waals surface area contributed by atoms with Gasteiger partial charge in [0.1, 0.15) is 0 Å². The van der Waals surface area contributed by atoms with Gasteiger partial charge in [-0.2, -0.15) is 0 Å². The average Bonchev–Trinajstić information content (AvgIpc) is 2.87. The highest BCUT2D eigenvalue weighted by Gasteiger charge is 2.35. The molecule has 5 nitrogen and oxygen atoms in total. The number of fused-ring (bicyclic) bond motifs is 1. The number of amides is 2. The lowest BCUT2D eigenvalue weighted by Gasteiger charge is -2.13. The molecule has 8 heteroatoms. The number of imide groups is 1. The third-order valence-electron chi connectivity index (χ3n) is 3.71. The van der Waals surface area contributed by atoms with E-state index in [2.05, 4.69) is 0 Å². The molecule has 0 aromatic heterocycles. The number of carbonyl (C=O) groups excluding carboxylic acids is 3. The summed E-state index contributed by atoms with van der Waals surface area (Å²) in [5.74, 6) is -0.780. The largest absolute Gasteiger partial charge is 0.443 e. The van der Waals surface area contributed by atoms with Crippen LogP contribution in [0.25, 0.3) is 0 Å². The highest BCUT2D eigenvalue weighted by atomic mass is 35.5.